The highest BCUT2D eigenvalue weighted by Gasteiger charge is 2.68. The molecule has 2 saturated heterocycles. The lowest BCUT2D eigenvalue weighted by atomic mass is 9.51. The summed E-state index contributed by atoms with van der Waals surface area (Å²) < 4.78 is 20.0. The van der Waals surface area contributed by atoms with Crippen LogP contribution in [0, 0.1) is 45.0 Å². The lowest BCUT2D eigenvalue weighted by Gasteiger charge is -2.49. The average molecular weight is 674 g/mol. The van der Waals surface area contributed by atoms with E-state index in [0.717, 1.165) is 15.9 Å². The molecule has 4 aliphatic rings. The number of para-hydroxylation sites is 1. The predicted octanol–water partition coefficient (Wildman–Crippen LogP) is 5.19. The fraction of sp³-hybridized carbons (Fsp3) is 0.314. The van der Waals surface area contributed by atoms with Gasteiger partial charge in [0.1, 0.15) is 18.2 Å². The molecule has 1 N–H and O–H groups in total. The first-order valence-corrected chi connectivity index (χ1v) is 15.8. The van der Waals surface area contributed by atoms with Gasteiger partial charge >= 0.3 is 0 Å². The summed E-state index contributed by atoms with van der Waals surface area (Å²) in [7, 11) is 0. The number of non-ortho nitro benzene ring substituents is 1. The maximum Gasteiger partial charge on any atom is 0.271 e. The van der Waals surface area contributed by atoms with Crippen molar-refractivity contribution in [3.8, 4) is 5.75 Å². The number of nitro benzene ring substituents is 1. The Kier molecular flexibility index (Phi) is 7.67. The molecule has 2 heterocycles. The van der Waals surface area contributed by atoms with Crippen molar-refractivity contribution in [2.45, 2.75) is 25.7 Å². The van der Waals surface area contributed by atoms with E-state index in [9.17, 15) is 38.8 Å². The number of nitrogens with zero attached hydrogens (tertiary/aromatic N) is 3. The number of benzene rings is 3. The van der Waals surface area contributed by atoms with E-state index in [2.05, 4.69) is 0 Å². The monoisotopic (exact) mass is 673 g/mol. The van der Waals surface area contributed by atoms with E-state index in [1.54, 1.807) is 31.2 Å². The highest BCUT2D eigenvalue weighted by atomic mass is 35.5. The van der Waals surface area contributed by atoms with Crippen LogP contribution >= 0.6 is 11.6 Å². The average Bonchev–Trinajstić information content (AvgIpc) is 3.44. The number of allylic oxidation sites excluding steroid dienone is 2. The molecule has 13 heteroatoms. The summed E-state index contributed by atoms with van der Waals surface area (Å²) >= 11 is 6.07. The SMILES string of the molecule is CC12C(=O)N(c3ccc(F)c(Cl)c3)C(=O)C1CC1C(=CCC3C(=O)N(c4cccc([N+](=O)[O-])c4)C(=O)C31)C2c1ccccc1OCCO. The number of imide groups is 2. The number of carbonyl (C=O) groups is 4. The Bertz CT molecular complexity index is 1950. The molecule has 6 atom stereocenters. The van der Waals surface area contributed by atoms with Gasteiger partial charge in [0.05, 0.1) is 51.1 Å². The normalized spacial score (nSPS) is 27.8. The lowest BCUT2D eigenvalue weighted by Crippen LogP contribution is -2.49. The number of hydrogen-bond donors (Lipinski definition) is 1. The van der Waals surface area contributed by atoms with Gasteiger partial charge in [0.2, 0.25) is 23.6 Å². The van der Waals surface area contributed by atoms with Gasteiger partial charge in [-0.15, -0.1) is 0 Å². The predicted molar refractivity (Wildman–Crippen MR) is 171 cm³/mol. The molecule has 6 unspecified atom stereocenters. The Balaban J connectivity index is 1.37. The Morgan fingerprint density at radius 1 is 0.979 bits per heavy atom. The molecule has 4 amide bonds. The zero-order valence-corrected chi connectivity index (χ0v) is 26.3. The van der Waals surface area contributed by atoms with Crippen molar-refractivity contribution in [1.29, 1.82) is 0 Å². The summed E-state index contributed by atoms with van der Waals surface area (Å²) in [6.07, 6.45) is 2.11. The number of nitro groups is 1. The summed E-state index contributed by atoms with van der Waals surface area (Å²) in [5.74, 6) is -6.50. The molecule has 48 heavy (non-hydrogen) atoms. The van der Waals surface area contributed by atoms with Crippen molar-refractivity contribution < 1.29 is 38.3 Å². The third-order valence-electron chi connectivity index (χ3n) is 10.3. The number of halogens is 2. The van der Waals surface area contributed by atoms with E-state index in [-0.39, 0.29) is 48.1 Å². The van der Waals surface area contributed by atoms with E-state index in [4.69, 9.17) is 16.3 Å². The highest BCUT2D eigenvalue weighted by molar-refractivity contribution is 6.32. The zero-order valence-electron chi connectivity index (χ0n) is 25.5. The third kappa shape index (κ3) is 4.57. The molecule has 11 nitrogen and oxygen atoms in total. The van der Waals surface area contributed by atoms with Crippen LogP contribution in [0.4, 0.5) is 21.5 Å². The smallest absolute Gasteiger partial charge is 0.271 e. The molecule has 7 rings (SSSR count). The first-order valence-electron chi connectivity index (χ1n) is 15.5. The molecule has 2 aliphatic carbocycles. The van der Waals surface area contributed by atoms with E-state index < -0.39 is 69.4 Å². The maximum absolute atomic E-state index is 14.6. The number of aliphatic hydroxyl groups is 1. The molecule has 1 saturated carbocycles. The van der Waals surface area contributed by atoms with Crippen molar-refractivity contribution in [3.05, 3.63) is 105 Å². The second-order valence-electron chi connectivity index (χ2n) is 12.7. The molecule has 0 radical (unpaired) electrons. The van der Waals surface area contributed by atoms with Gasteiger partial charge in [-0.05, 0) is 56.0 Å². The van der Waals surface area contributed by atoms with Crippen molar-refractivity contribution in [1.82, 2.24) is 0 Å². The summed E-state index contributed by atoms with van der Waals surface area (Å²) in [6, 6.07) is 15.9. The van der Waals surface area contributed by atoms with Crippen molar-refractivity contribution in [2.75, 3.05) is 23.0 Å². The summed E-state index contributed by atoms with van der Waals surface area (Å²) in [6.45, 7) is 1.40. The number of anilines is 2. The molecule has 0 bridgehead atoms. The van der Waals surface area contributed by atoms with Crippen LogP contribution in [0.25, 0.3) is 0 Å². The van der Waals surface area contributed by atoms with Crippen LogP contribution < -0.4 is 14.5 Å². The van der Waals surface area contributed by atoms with Crippen LogP contribution in [0.15, 0.2) is 78.4 Å². The van der Waals surface area contributed by atoms with Gasteiger partial charge < -0.3 is 9.84 Å². The minimum absolute atomic E-state index is 0.0324. The topological polar surface area (TPSA) is 147 Å². The van der Waals surface area contributed by atoms with Gasteiger partial charge in [-0.25, -0.2) is 14.2 Å². The second kappa shape index (κ2) is 11.6. The van der Waals surface area contributed by atoms with E-state index in [0.29, 0.717) is 16.9 Å². The summed E-state index contributed by atoms with van der Waals surface area (Å²) in [5, 5.41) is 20.8. The van der Waals surface area contributed by atoms with Crippen LogP contribution in [0.3, 0.4) is 0 Å². The van der Waals surface area contributed by atoms with Gasteiger partial charge in [-0.3, -0.25) is 29.3 Å². The summed E-state index contributed by atoms with van der Waals surface area (Å²) in [5.41, 5.74) is -0.198. The van der Waals surface area contributed by atoms with E-state index in [1.807, 2.05) is 6.08 Å². The van der Waals surface area contributed by atoms with Gasteiger partial charge in [-0.2, -0.15) is 0 Å². The molecule has 3 fully saturated rings. The van der Waals surface area contributed by atoms with E-state index in [1.165, 1.54) is 36.4 Å². The number of aliphatic hydroxyl groups excluding tert-OH is 1. The van der Waals surface area contributed by atoms with Crippen LogP contribution in [-0.4, -0.2) is 46.9 Å². The lowest BCUT2D eigenvalue weighted by molar-refractivity contribution is -0.384. The fourth-order valence-corrected chi connectivity index (χ4v) is 8.41. The molecular formula is C35H29ClFN3O8. The van der Waals surface area contributed by atoms with Gasteiger partial charge in [-0.1, -0.05) is 47.5 Å². The second-order valence-corrected chi connectivity index (χ2v) is 13.1. The van der Waals surface area contributed by atoms with Gasteiger partial charge in [0.15, 0.2) is 0 Å². The molecule has 3 aromatic carbocycles. The van der Waals surface area contributed by atoms with Crippen LogP contribution in [0.5, 0.6) is 5.75 Å². The minimum Gasteiger partial charge on any atom is -0.491 e. The number of hydrogen-bond acceptors (Lipinski definition) is 8. The number of amides is 4. The largest absolute Gasteiger partial charge is 0.491 e. The molecule has 0 aromatic heterocycles. The molecule has 246 valence electrons. The number of fused-ring (bicyclic) bond motifs is 4. The summed E-state index contributed by atoms with van der Waals surface area (Å²) in [4.78, 5) is 69.9. The number of ether oxygens (including phenoxy) is 1. The molecule has 0 spiro atoms. The zero-order chi connectivity index (χ0) is 34.1. The van der Waals surface area contributed by atoms with Crippen LogP contribution in [0.1, 0.15) is 31.2 Å². The minimum atomic E-state index is -1.39. The third-order valence-corrected chi connectivity index (χ3v) is 10.6. The Labute approximate surface area is 278 Å². The van der Waals surface area contributed by atoms with Crippen LogP contribution in [0.2, 0.25) is 5.02 Å². The Morgan fingerprint density at radius 2 is 1.73 bits per heavy atom. The molecular weight excluding hydrogens is 645 g/mol. The van der Waals surface area contributed by atoms with Gasteiger partial charge in [0.25, 0.3) is 5.69 Å². The fourth-order valence-electron chi connectivity index (χ4n) is 8.24. The van der Waals surface area contributed by atoms with Crippen molar-refractivity contribution in [3.63, 3.8) is 0 Å². The first kappa shape index (κ1) is 31.6. The van der Waals surface area contributed by atoms with Crippen molar-refractivity contribution >= 4 is 52.3 Å². The first-order chi connectivity index (χ1) is 23.0. The van der Waals surface area contributed by atoms with Crippen LogP contribution in [-0.2, 0) is 19.2 Å². The highest BCUT2D eigenvalue weighted by Crippen LogP contribution is 2.64. The van der Waals surface area contributed by atoms with E-state index >= 15 is 0 Å². The standard InChI is InChI=1S/C35H29ClFN3O8/c1-35-25(32(43)39(34(35)45)19-9-12-27(37)26(36)16-19)17-24-21(30(35)22-7-2-3-8-28(22)48-14-13-41)10-11-23-29(24)33(44)38(31(23)42)18-5-4-6-20(15-18)40(46)47/h2-10,12,15-16,23-25,29-30,41H,11,13-14,17H2,1H3. The number of carbonyl (C=O) groups excluding carboxylic acids is 4. The Morgan fingerprint density at radius 3 is 2.46 bits per heavy atom. The quantitative estimate of drug-likeness (QED) is 0.156. The maximum atomic E-state index is 14.6. The Hall–Kier alpha value is -4.94. The molecule has 2 aliphatic heterocycles. The van der Waals surface area contributed by atoms with Gasteiger partial charge in [0, 0.05) is 23.6 Å². The van der Waals surface area contributed by atoms with Crippen molar-refractivity contribution in [2.24, 2.45) is 29.1 Å². The number of rotatable bonds is 7. The molecule has 3 aromatic rings.